The van der Waals surface area contributed by atoms with Gasteiger partial charge >= 0.3 is 0 Å². The highest BCUT2D eigenvalue weighted by molar-refractivity contribution is 7.82. The zero-order valence-corrected chi connectivity index (χ0v) is 6.05. The molecule has 0 spiro atoms. The Labute approximate surface area is 59.0 Å². The van der Waals surface area contributed by atoms with Crippen LogP contribution in [0, 0.1) is 0 Å². The average Bonchev–Trinajstić information content (AvgIpc) is 1.98. The molecule has 0 radical (unpaired) electrons. The van der Waals surface area contributed by atoms with E-state index in [4.69, 9.17) is 24.4 Å². The highest BCUT2D eigenvalue weighted by Crippen LogP contribution is 2.02. The lowest BCUT2D eigenvalue weighted by Crippen LogP contribution is -2.21. The summed E-state index contributed by atoms with van der Waals surface area (Å²) in [5, 5.41) is 0. The van der Waals surface area contributed by atoms with Crippen molar-refractivity contribution in [3.8, 4) is 0 Å². The molecule has 1 aliphatic rings. The molecular formula is C5H5NS2. The van der Waals surface area contributed by atoms with Crippen molar-refractivity contribution >= 4 is 34.4 Å². The van der Waals surface area contributed by atoms with Gasteiger partial charge in [0.2, 0.25) is 0 Å². The molecular weight excluding hydrogens is 138 g/mol. The molecule has 1 aliphatic heterocycles. The van der Waals surface area contributed by atoms with Crippen LogP contribution in [0.15, 0.2) is 12.2 Å². The molecule has 42 valence electrons. The van der Waals surface area contributed by atoms with E-state index in [1.54, 1.807) is 4.90 Å². The summed E-state index contributed by atoms with van der Waals surface area (Å²) in [7, 11) is 1.87. The van der Waals surface area contributed by atoms with Gasteiger partial charge in [-0.1, -0.05) is 24.4 Å². The van der Waals surface area contributed by atoms with Crippen LogP contribution in [0.4, 0.5) is 0 Å². The van der Waals surface area contributed by atoms with Gasteiger partial charge in [0.1, 0.15) is 9.98 Å². The summed E-state index contributed by atoms with van der Waals surface area (Å²) in [6.07, 6.45) is 3.66. The molecule has 0 fully saturated rings. The minimum Gasteiger partial charge on any atom is -0.327 e. The van der Waals surface area contributed by atoms with Gasteiger partial charge in [-0.15, -0.1) is 0 Å². The number of hydrogen-bond donors (Lipinski definition) is 0. The van der Waals surface area contributed by atoms with Crippen LogP contribution in [0.3, 0.4) is 0 Å². The Bertz CT molecular complexity index is 153. The predicted octanol–water partition coefficient (Wildman–Crippen LogP) is 1.14. The van der Waals surface area contributed by atoms with E-state index in [1.165, 1.54) is 0 Å². The summed E-state index contributed by atoms with van der Waals surface area (Å²) in [6.45, 7) is 0. The number of likely N-dealkylation sites (N-methyl/N-ethyl adjacent to an activating group) is 1. The van der Waals surface area contributed by atoms with Crippen LogP contribution in [-0.4, -0.2) is 21.9 Å². The molecule has 0 aromatic rings. The molecule has 1 rings (SSSR count). The summed E-state index contributed by atoms with van der Waals surface area (Å²) in [5.41, 5.74) is 0. The van der Waals surface area contributed by atoms with E-state index >= 15 is 0 Å². The molecule has 0 aromatic heterocycles. The summed E-state index contributed by atoms with van der Waals surface area (Å²) in [6, 6.07) is 0. The van der Waals surface area contributed by atoms with Crippen molar-refractivity contribution in [1.82, 2.24) is 4.90 Å². The van der Waals surface area contributed by atoms with Crippen molar-refractivity contribution in [3.05, 3.63) is 12.2 Å². The first kappa shape index (κ1) is 5.85. The van der Waals surface area contributed by atoms with Crippen LogP contribution in [0.1, 0.15) is 0 Å². The van der Waals surface area contributed by atoms with Gasteiger partial charge < -0.3 is 4.90 Å². The standard InChI is InChI=1S/C5H5NS2/c1-6-4(7)2-3-5(6)8/h2-3H,1H3. The van der Waals surface area contributed by atoms with Gasteiger partial charge in [-0.25, -0.2) is 0 Å². The van der Waals surface area contributed by atoms with E-state index in [2.05, 4.69) is 0 Å². The number of hydrogen-bond acceptors (Lipinski definition) is 2. The third-order valence-electron chi connectivity index (χ3n) is 1.03. The molecule has 0 atom stereocenters. The van der Waals surface area contributed by atoms with Crippen molar-refractivity contribution in [2.24, 2.45) is 0 Å². The van der Waals surface area contributed by atoms with Crippen molar-refractivity contribution in [3.63, 3.8) is 0 Å². The van der Waals surface area contributed by atoms with E-state index in [1.807, 2.05) is 19.2 Å². The lowest BCUT2D eigenvalue weighted by Gasteiger charge is -2.08. The normalized spacial score (nSPS) is 18.4. The van der Waals surface area contributed by atoms with Crippen LogP contribution in [0.2, 0.25) is 0 Å². The molecule has 0 aliphatic carbocycles. The maximum atomic E-state index is 4.87. The third-order valence-corrected chi connectivity index (χ3v) is 1.85. The summed E-state index contributed by atoms with van der Waals surface area (Å²) < 4.78 is 0. The molecule has 0 saturated carbocycles. The summed E-state index contributed by atoms with van der Waals surface area (Å²) >= 11 is 9.74. The Morgan fingerprint density at radius 2 is 1.62 bits per heavy atom. The van der Waals surface area contributed by atoms with Gasteiger partial charge in [-0.3, -0.25) is 0 Å². The smallest absolute Gasteiger partial charge is 0.106 e. The average molecular weight is 143 g/mol. The van der Waals surface area contributed by atoms with Gasteiger partial charge in [0.25, 0.3) is 0 Å². The Morgan fingerprint density at radius 3 is 1.75 bits per heavy atom. The third kappa shape index (κ3) is 0.788. The number of rotatable bonds is 0. The summed E-state index contributed by atoms with van der Waals surface area (Å²) in [4.78, 5) is 3.40. The minimum absolute atomic E-state index is 0.801. The topological polar surface area (TPSA) is 3.24 Å². The number of nitrogens with zero attached hydrogens (tertiary/aromatic N) is 1. The molecule has 8 heavy (non-hydrogen) atoms. The lowest BCUT2D eigenvalue weighted by molar-refractivity contribution is 0.805. The second kappa shape index (κ2) is 1.91. The minimum atomic E-state index is 0.801. The molecule has 1 heterocycles. The van der Waals surface area contributed by atoms with E-state index in [9.17, 15) is 0 Å². The largest absolute Gasteiger partial charge is 0.327 e. The van der Waals surface area contributed by atoms with Crippen LogP contribution >= 0.6 is 24.4 Å². The van der Waals surface area contributed by atoms with Crippen molar-refractivity contribution in [1.29, 1.82) is 0 Å². The Balaban J connectivity index is 2.84. The summed E-state index contributed by atoms with van der Waals surface area (Å²) in [5.74, 6) is 0. The van der Waals surface area contributed by atoms with Crippen LogP contribution < -0.4 is 0 Å². The maximum Gasteiger partial charge on any atom is 0.106 e. The van der Waals surface area contributed by atoms with Crippen LogP contribution in [0.5, 0.6) is 0 Å². The van der Waals surface area contributed by atoms with Gasteiger partial charge in [0.15, 0.2) is 0 Å². The molecule has 0 N–H and O–H groups in total. The van der Waals surface area contributed by atoms with Crippen molar-refractivity contribution < 1.29 is 0 Å². The number of thiocarbonyl (C=S) groups is 2. The van der Waals surface area contributed by atoms with Gasteiger partial charge in [0.05, 0.1) is 0 Å². The van der Waals surface area contributed by atoms with Crippen LogP contribution in [0.25, 0.3) is 0 Å². The maximum absolute atomic E-state index is 4.87. The fourth-order valence-corrected chi connectivity index (χ4v) is 0.865. The van der Waals surface area contributed by atoms with E-state index in [0.717, 1.165) is 9.98 Å². The predicted molar refractivity (Wildman–Crippen MR) is 42.1 cm³/mol. The van der Waals surface area contributed by atoms with Gasteiger partial charge in [0, 0.05) is 7.05 Å². The van der Waals surface area contributed by atoms with E-state index < -0.39 is 0 Å². The second-order valence-corrected chi connectivity index (χ2v) is 2.41. The Kier molecular flexibility index (Phi) is 1.40. The van der Waals surface area contributed by atoms with Gasteiger partial charge in [-0.05, 0) is 12.2 Å². The quantitative estimate of drug-likeness (QED) is 0.468. The first-order valence-corrected chi connectivity index (χ1v) is 3.03. The highest BCUT2D eigenvalue weighted by Gasteiger charge is 2.09. The van der Waals surface area contributed by atoms with Crippen LogP contribution in [-0.2, 0) is 0 Å². The molecule has 0 unspecified atom stereocenters. The van der Waals surface area contributed by atoms with Crippen molar-refractivity contribution in [2.45, 2.75) is 0 Å². The second-order valence-electron chi connectivity index (χ2n) is 1.57. The molecule has 0 saturated heterocycles. The molecule has 1 nitrogen and oxygen atoms in total. The fraction of sp³-hybridized carbons (Fsp3) is 0.200. The molecule has 0 bridgehead atoms. The lowest BCUT2D eigenvalue weighted by atomic mass is 10.6. The first-order chi connectivity index (χ1) is 3.72. The Hall–Kier alpha value is -0.280. The monoisotopic (exact) mass is 143 g/mol. The zero-order chi connectivity index (χ0) is 6.15. The van der Waals surface area contributed by atoms with Crippen molar-refractivity contribution in [2.75, 3.05) is 7.05 Å². The Morgan fingerprint density at radius 1 is 1.25 bits per heavy atom. The molecule has 3 heteroatoms. The zero-order valence-electron chi connectivity index (χ0n) is 4.42. The van der Waals surface area contributed by atoms with E-state index in [0.29, 0.717) is 0 Å². The fourth-order valence-electron chi connectivity index (χ4n) is 0.475. The molecule has 0 amide bonds. The molecule has 0 aromatic carbocycles. The SMILES string of the molecule is CN1C(=S)C=CC1=S. The first-order valence-electron chi connectivity index (χ1n) is 2.21. The highest BCUT2D eigenvalue weighted by atomic mass is 32.1. The van der Waals surface area contributed by atoms with E-state index in [-0.39, 0.29) is 0 Å². The van der Waals surface area contributed by atoms with Gasteiger partial charge in [-0.2, -0.15) is 0 Å².